The van der Waals surface area contributed by atoms with Crippen LogP contribution in [0.25, 0.3) is 5.69 Å². The van der Waals surface area contributed by atoms with Crippen LogP contribution in [0, 0.1) is 0 Å². The first-order chi connectivity index (χ1) is 9.70. The van der Waals surface area contributed by atoms with E-state index in [1.165, 1.54) is 7.11 Å². The number of nitrogens with two attached hydrogens (primary N) is 1. The molecule has 0 aliphatic heterocycles. The lowest BCUT2D eigenvalue weighted by atomic mass is 10.2. The molecule has 0 saturated carbocycles. The van der Waals surface area contributed by atoms with Crippen LogP contribution >= 0.6 is 0 Å². The van der Waals surface area contributed by atoms with Crippen molar-refractivity contribution >= 4 is 5.91 Å². The van der Waals surface area contributed by atoms with Crippen LogP contribution in [0.5, 0.6) is 0 Å². The van der Waals surface area contributed by atoms with Gasteiger partial charge in [-0.2, -0.15) is 5.10 Å². The van der Waals surface area contributed by atoms with Gasteiger partial charge in [-0.25, -0.2) is 4.68 Å². The number of aromatic nitrogens is 2. The van der Waals surface area contributed by atoms with Gasteiger partial charge in [0.1, 0.15) is 6.04 Å². The quantitative estimate of drug-likeness (QED) is 0.802. The highest BCUT2D eigenvalue weighted by Crippen LogP contribution is 2.08. The second kappa shape index (κ2) is 6.83. The van der Waals surface area contributed by atoms with Gasteiger partial charge in [-0.05, 0) is 23.8 Å². The van der Waals surface area contributed by atoms with E-state index in [4.69, 9.17) is 10.5 Å². The molecule has 1 unspecified atom stereocenters. The number of nitrogens with one attached hydrogen (secondary N) is 1. The van der Waals surface area contributed by atoms with E-state index in [2.05, 4.69) is 10.4 Å². The van der Waals surface area contributed by atoms with Crippen molar-refractivity contribution in [2.24, 2.45) is 5.73 Å². The van der Waals surface area contributed by atoms with Crippen molar-refractivity contribution < 1.29 is 9.53 Å². The van der Waals surface area contributed by atoms with Crippen LogP contribution in [-0.4, -0.2) is 35.4 Å². The minimum absolute atomic E-state index is 0.212. The van der Waals surface area contributed by atoms with Crippen molar-refractivity contribution in [1.29, 1.82) is 0 Å². The molecule has 2 rings (SSSR count). The fourth-order valence-corrected chi connectivity index (χ4v) is 1.76. The molecular formula is C14H18N4O2. The lowest BCUT2D eigenvalue weighted by Gasteiger charge is -2.11. The number of methoxy groups -OCH3 is 1. The summed E-state index contributed by atoms with van der Waals surface area (Å²) in [5, 5.41) is 6.92. The minimum atomic E-state index is -0.636. The third kappa shape index (κ3) is 3.66. The Balaban J connectivity index is 1.90. The molecular weight excluding hydrogens is 256 g/mol. The fourth-order valence-electron chi connectivity index (χ4n) is 1.76. The molecule has 1 amide bonds. The minimum Gasteiger partial charge on any atom is -0.383 e. The number of carbonyl (C=O) groups is 1. The second-order valence-corrected chi connectivity index (χ2v) is 4.40. The lowest BCUT2D eigenvalue weighted by molar-refractivity contribution is -0.123. The summed E-state index contributed by atoms with van der Waals surface area (Å²) in [5.74, 6) is -0.219. The zero-order valence-corrected chi connectivity index (χ0v) is 11.3. The first-order valence-electron chi connectivity index (χ1n) is 6.32. The first-order valence-corrected chi connectivity index (χ1v) is 6.32. The average molecular weight is 274 g/mol. The maximum absolute atomic E-state index is 11.6. The Hall–Kier alpha value is -2.18. The SMILES string of the molecule is COCC(N)C(=O)NCc1ccc(-n2cccn2)cc1. The second-order valence-electron chi connectivity index (χ2n) is 4.40. The topological polar surface area (TPSA) is 82.2 Å². The molecule has 3 N–H and O–H groups in total. The highest BCUT2D eigenvalue weighted by molar-refractivity contribution is 5.81. The van der Waals surface area contributed by atoms with Crippen LogP contribution in [0.1, 0.15) is 5.56 Å². The first kappa shape index (κ1) is 14.2. The van der Waals surface area contributed by atoms with Gasteiger partial charge in [0, 0.05) is 26.0 Å². The van der Waals surface area contributed by atoms with Gasteiger partial charge in [0.15, 0.2) is 0 Å². The Kier molecular flexibility index (Phi) is 4.86. The maximum atomic E-state index is 11.6. The van der Waals surface area contributed by atoms with Crippen molar-refractivity contribution in [2.45, 2.75) is 12.6 Å². The van der Waals surface area contributed by atoms with Crippen LogP contribution in [0.3, 0.4) is 0 Å². The summed E-state index contributed by atoms with van der Waals surface area (Å²) >= 11 is 0. The number of hydrogen-bond donors (Lipinski definition) is 2. The van der Waals surface area contributed by atoms with Gasteiger partial charge in [-0.3, -0.25) is 4.79 Å². The molecule has 1 aromatic heterocycles. The molecule has 0 bridgehead atoms. The normalized spacial score (nSPS) is 12.1. The van der Waals surface area contributed by atoms with Crippen molar-refractivity contribution in [2.75, 3.05) is 13.7 Å². The summed E-state index contributed by atoms with van der Waals surface area (Å²) in [7, 11) is 1.52. The molecule has 0 saturated heterocycles. The van der Waals surface area contributed by atoms with E-state index in [1.54, 1.807) is 10.9 Å². The summed E-state index contributed by atoms with van der Waals surface area (Å²) in [6.07, 6.45) is 3.60. The van der Waals surface area contributed by atoms with Gasteiger partial charge < -0.3 is 15.8 Å². The van der Waals surface area contributed by atoms with Crippen molar-refractivity contribution in [1.82, 2.24) is 15.1 Å². The van der Waals surface area contributed by atoms with E-state index in [0.29, 0.717) is 6.54 Å². The molecule has 106 valence electrons. The lowest BCUT2D eigenvalue weighted by Crippen LogP contribution is -2.43. The molecule has 0 aliphatic rings. The van der Waals surface area contributed by atoms with E-state index >= 15 is 0 Å². The summed E-state index contributed by atoms with van der Waals surface area (Å²) in [5.41, 5.74) is 7.60. The molecule has 0 aliphatic carbocycles. The zero-order valence-electron chi connectivity index (χ0n) is 11.3. The van der Waals surface area contributed by atoms with Crippen LogP contribution in [0.2, 0.25) is 0 Å². The van der Waals surface area contributed by atoms with Crippen molar-refractivity contribution in [3.05, 3.63) is 48.3 Å². The molecule has 0 fully saturated rings. The highest BCUT2D eigenvalue weighted by atomic mass is 16.5. The molecule has 0 spiro atoms. The standard InChI is InChI=1S/C14H18N4O2/c1-20-10-13(15)14(19)16-9-11-3-5-12(6-4-11)18-8-2-7-17-18/h2-8,13H,9-10,15H2,1H3,(H,16,19). The van der Waals surface area contributed by atoms with E-state index in [0.717, 1.165) is 11.3 Å². The Morgan fingerprint density at radius 1 is 1.45 bits per heavy atom. The maximum Gasteiger partial charge on any atom is 0.239 e. The van der Waals surface area contributed by atoms with Gasteiger partial charge in [0.2, 0.25) is 5.91 Å². The largest absolute Gasteiger partial charge is 0.383 e. The van der Waals surface area contributed by atoms with Gasteiger partial charge in [0.25, 0.3) is 0 Å². The number of nitrogens with zero attached hydrogens (tertiary/aromatic N) is 2. The number of rotatable bonds is 6. The Labute approximate surface area is 117 Å². The average Bonchev–Trinajstić information content (AvgIpc) is 2.99. The predicted molar refractivity (Wildman–Crippen MR) is 75.3 cm³/mol. The molecule has 2 aromatic rings. The van der Waals surface area contributed by atoms with E-state index < -0.39 is 6.04 Å². The number of benzene rings is 1. The van der Waals surface area contributed by atoms with Gasteiger partial charge in [0.05, 0.1) is 12.3 Å². The monoisotopic (exact) mass is 274 g/mol. The van der Waals surface area contributed by atoms with Crippen molar-refractivity contribution in [3.63, 3.8) is 0 Å². The summed E-state index contributed by atoms with van der Waals surface area (Å²) < 4.78 is 6.61. The van der Waals surface area contributed by atoms with Gasteiger partial charge in [-0.1, -0.05) is 12.1 Å². The fraction of sp³-hybridized carbons (Fsp3) is 0.286. The van der Waals surface area contributed by atoms with Crippen LogP contribution in [-0.2, 0) is 16.1 Å². The smallest absolute Gasteiger partial charge is 0.239 e. The van der Waals surface area contributed by atoms with Crippen LogP contribution in [0.15, 0.2) is 42.7 Å². The molecule has 6 nitrogen and oxygen atoms in total. The highest BCUT2D eigenvalue weighted by Gasteiger charge is 2.12. The Bertz CT molecular complexity index is 537. The van der Waals surface area contributed by atoms with Crippen LogP contribution in [0.4, 0.5) is 0 Å². The molecule has 6 heteroatoms. The third-order valence-electron chi connectivity index (χ3n) is 2.86. The molecule has 0 radical (unpaired) electrons. The van der Waals surface area contributed by atoms with Crippen LogP contribution < -0.4 is 11.1 Å². The molecule has 20 heavy (non-hydrogen) atoms. The van der Waals surface area contributed by atoms with Crippen molar-refractivity contribution in [3.8, 4) is 5.69 Å². The third-order valence-corrected chi connectivity index (χ3v) is 2.86. The van der Waals surface area contributed by atoms with Gasteiger partial charge in [-0.15, -0.1) is 0 Å². The predicted octanol–water partition coefficient (Wildman–Crippen LogP) is 0.462. The zero-order chi connectivity index (χ0) is 14.4. The number of ether oxygens (including phenoxy) is 1. The Morgan fingerprint density at radius 2 is 2.20 bits per heavy atom. The van der Waals surface area contributed by atoms with Gasteiger partial charge >= 0.3 is 0 Å². The Morgan fingerprint density at radius 3 is 2.80 bits per heavy atom. The van der Waals surface area contributed by atoms with E-state index in [-0.39, 0.29) is 12.5 Å². The summed E-state index contributed by atoms with van der Waals surface area (Å²) in [4.78, 5) is 11.6. The number of carbonyl (C=O) groups excluding carboxylic acids is 1. The van der Waals surface area contributed by atoms with E-state index in [9.17, 15) is 4.79 Å². The molecule has 1 heterocycles. The summed E-state index contributed by atoms with van der Waals surface area (Å²) in [6, 6.07) is 9.01. The number of hydrogen-bond acceptors (Lipinski definition) is 4. The number of amides is 1. The summed E-state index contributed by atoms with van der Waals surface area (Å²) in [6.45, 7) is 0.652. The molecule has 1 aromatic carbocycles. The molecule has 1 atom stereocenters. The van der Waals surface area contributed by atoms with E-state index in [1.807, 2.05) is 36.5 Å².